The fraction of sp³-hybridized carbons (Fsp3) is 0.423. The van der Waals surface area contributed by atoms with Gasteiger partial charge in [0.15, 0.2) is 6.61 Å². The Morgan fingerprint density at radius 3 is 2.50 bits per heavy atom. The van der Waals surface area contributed by atoms with E-state index in [1.807, 2.05) is 42.3 Å². The highest BCUT2D eigenvalue weighted by molar-refractivity contribution is 8.00. The van der Waals surface area contributed by atoms with Gasteiger partial charge in [-0.1, -0.05) is 49.6 Å². The molecule has 34 heavy (non-hydrogen) atoms. The Morgan fingerprint density at radius 1 is 1.03 bits per heavy atom. The van der Waals surface area contributed by atoms with Gasteiger partial charge < -0.3 is 19.7 Å². The van der Waals surface area contributed by atoms with Crippen molar-refractivity contribution < 1.29 is 23.9 Å². The summed E-state index contributed by atoms with van der Waals surface area (Å²) in [5, 5.41) is 2.73. The minimum Gasteiger partial charge on any atom is -0.496 e. The zero-order valence-electron chi connectivity index (χ0n) is 19.7. The molecular weight excluding hydrogens is 452 g/mol. The zero-order chi connectivity index (χ0) is 24.3. The van der Waals surface area contributed by atoms with Crippen molar-refractivity contribution in [3.05, 3.63) is 59.7 Å². The van der Waals surface area contributed by atoms with Gasteiger partial charge in [-0.05, 0) is 31.0 Å². The lowest BCUT2D eigenvalue weighted by atomic mass is 9.94. The molecule has 7 nitrogen and oxygen atoms in total. The van der Waals surface area contributed by atoms with E-state index in [2.05, 4.69) is 5.32 Å². The van der Waals surface area contributed by atoms with E-state index >= 15 is 0 Å². The third-order valence-electron chi connectivity index (χ3n) is 5.98. The third-order valence-corrected chi connectivity index (χ3v) is 7.04. The number of nitrogens with one attached hydrogen (secondary N) is 1. The molecule has 0 bridgehead atoms. The van der Waals surface area contributed by atoms with Gasteiger partial charge in [-0.15, -0.1) is 11.8 Å². The molecule has 2 amide bonds. The number of benzene rings is 2. The van der Waals surface area contributed by atoms with E-state index in [9.17, 15) is 14.4 Å². The first-order valence-electron chi connectivity index (χ1n) is 11.5. The van der Waals surface area contributed by atoms with Gasteiger partial charge in [0.1, 0.15) is 5.75 Å². The largest absolute Gasteiger partial charge is 0.496 e. The van der Waals surface area contributed by atoms with Gasteiger partial charge in [0.25, 0.3) is 5.91 Å². The van der Waals surface area contributed by atoms with Crippen LogP contribution < -0.4 is 10.1 Å². The second kappa shape index (κ2) is 13.0. The first-order valence-corrected chi connectivity index (χ1v) is 12.5. The van der Waals surface area contributed by atoms with Crippen molar-refractivity contribution in [3.8, 4) is 5.75 Å². The fourth-order valence-corrected chi connectivity index (χ4v) is 4.94. The lowest BCUT2D eigenvalue weighted by Gasteiger charge is -2.31. The number of rotatable bonds is 10. The molecule has 0 aromatic heterocycles. The normalized spacial score (nSPS) is 13.7. The summed E-state index contributed by atoms with van der Waals surface area (Å²) in [4.78, 5) is 40.0. The van der Waals surface area contributed by atoms with Crippen LogP contribution >= 0.6 is 11.8 Å². The molecule has 0 heterocycles. The summed E-state index contributed by atoms with van der Waals surface area (Å²) in [7, 11) is 3.43. The van der Waals surface area contributed by atoms with Gasteiger partial charge in [0, 0.05) is 30.1 Å². The number of carbonyl (C=O) groups is 3. The van der Waals surface area contributed by atoms with Crippen LogP contribution in [0.5, 0.6) is 5.75 Å². The van der Waals surface area contributed by atoms with Gasteiger partial charge in [0.05, 0.1) is 18.4 Å². The molecule has 0 unspecified atom stereocenters. The van der Waals surface area contributed by atoms with Crippen molar-refractivity contribution in [2.45, 2.75) is 49.6 Å². The van der Waals surface area contributed by atoms with E-state index in [-0.39, 0.29) is 18.2 Å². The highest BCUT2D eigenvalue weighted by Gasteiger charge is 2.23. The standard InChI is InChI=1S/C26H32N2O5S/c1-28(20-11-4-3-5-12-20)25(30)18-34-23-15-9-7-13-21(23)26(31)33-17-24(29)27-16-19-10-6-8-14-22(19)32-2/h6-10,13-15,20H,3-5,11-12,16-18H2,1-2H3,(H,27,29). The smallest absolute Gasteiger partial charge is 0.339 e. The summed E-state index contributed by atoms with van der Waals surface area (Å²) in [6.45, 7) is -0.125. The topological polar surface area (TPSA) is 84.9 Å². The van der Waals surface area contributed by atoms with Crippen molar-refractivity contribution in [2.24, 2.45) is 0 Å². The number of nitrogens with zero attached hydrogens (tertiary/aromatic N) is 1. The van der Waals surface area contributed by atoms with Crippen molar-refractivity contribution in [1.29, 1.82) is 0 Å². The quantitative estimate of drug-likeness (QED) is 0.405. The Kier molecular flexibility index (Phi) is 9.82. The van der Waals surface area contributed by atoms with Crippen molar-refractivity contribution in [1.82, 2.24) is 10.2 Å². The molecule has 1 aliphatic rings. The van der Waals surface area contributed by atoms with Gasteiger partial charge in [-0.3, -0.25) is 9.59 Å². The van der Waals surface area contributed by atoms with Gasteiger partial charge >= 0.3 is 5.97 Å². The molecular formula is C26H32N2O5S. The number of methoxy groups -OCH3 is 1. The van der Waals surface area contributed by atoms with Crippen LogP contribution in [0.25, 0.3) is 0 Å². The first kappa shape index (κ1) is 25.6. The van der Waals surface area contributed by atoms with Gasteiger partial charge in [0.2, 0.25) is 5.91 Å². The van der Waals surface area contributed by atoms with Gasteiger partial charge in [-0.25, -0.2) is 4.79 Å². The molecule has 2 aromatic carbocycles. The second-order valence-electron chi connectivity index (χ2n) is 8.25. The first-order chi connectivity index (χ1) is 16.5. The van der Waals surface area contributed by atoms with E-state index in [4.69, 9.17) is 9.47 Å². The number of carbonyl (C=O) groups excluding carboxylic acids is 3. The summed E-state index contributed by atoms with van der Waals surface area (Å²) in [6.07, 6.45) is 5.66. The van der Waals surface area contributed by atoms with Crippen molar-refractivity contribution in [2.75, 3.05) is 26.5 Å². The Labute approximate surface area is 205 Å². The molecule has 0 saturated heterocycles. The maximum absolute atomic E-state index is 12.7. The molecule has 1 N–H and O–H groups in total. The highest BCUT2D eigenvalue weighted by Crippen LogP contribution is 2.26. The molecule has 2 aromatic rings. The zero-order valence-corrected chi connectivity index (χ0v) is 20.6. The number of ether oxygens (including phenoxy) is 2. The number of amides is 2. The molecule has 1 saturated carbocycles. The van der Waals surface area contributed by atoms with Crippen LogP contribution in [0.4, 0.5) is 0 Å². The van der Waals surface area contributed by atoms with Crippen LogP contribution in [0.2, 0.25) is 0 Å². The van der Waals surface area contributed by atoms with E-state index in [1.165, 1.54) is 18.2 Å². The van der Waals surface area contributed by atoms with Crippen molar-refractivity contribution >= 4 is 29.5 Å². The maximum Gasteiger partial charge on any atom is 0.339 e. The third kappa shape index (κ3) is 7.25. The number of esters is 1. The highest BCUT2D eigenvalue weighted by atomic mass is 32.2. The van der Waals surface area contributed by atoms with E-state index in [0.29, 0.717) is 22.3 Å². The summed E-state index contributed by atoms with van der Waals surface area (Å²) in [5.74, 6) is -0.0287. The van der Waals surface area contributed by atoms with E-state index in [1.54, 1.807) is 25.3 Å². The van der Waals surface area contributed by atoms with Crippen LogP contribution in [0.1, 0.15) is 48.0 Å². The Hall–Kier alpha value is -3.00. The summed E-state index contributed by atoms with van der Waals surface area (Å²) >= 11 is 1.32. The Bertz CT molecular complexity index is 991. The molecule has 1 aliphatic carbocycles. The number of hydrogen-bond acceptors (Lipinski definition) is 6. The monoisotopic (exact) mass is 484 g/mol. The molecule has 0 aliphatic heterocycles. The summed E-state index contributed by atoms with van der Waals surface area (Å²) in [6, 6.07) is 14.7. The van der Waals surface area contributed by atoms with Gasteiger partial charge in [-0.2, -0.15) is 0 Å². The molecule has 0 radical (unpaired) electrons. The summed E-state index contributed by atoms with van der Waals surface area (Å²) in [5.41, 5.74) is 1.17. The van der Waals surface area contributed by atoms with E-state index in [0.717, 1.165) is 31.2 Å². The van der Waals surface area contributed by atoms with Crippen molar-refractivity contribution in [3.63, 3.8) is 0 Å². The predicted molar refractivity (Wildman–Crippen MR) is 132 cm³/mol. The number of hydrogen-bond donors (Lipinski definition) is 1. The minimum absolute atomic E-state index is 0.0517. The maximum atomic E-state index is 12.7. The average molecular weight is 485 g/mol. The Balaban J connectivity index is 1.49. The molecule has 0 atom stereocenters. The van der Waals surface area contributed by atoms with Crippen LogP contribution in [0.15, 0.2) is 53.4 Å². The van der Waals surface area contributed by atoms with Crippen LogP contribution in [0, 0.1) is 0 Å². The number of thioether (sulfide) groups is 1. The predicted octanol–water partition coefficient (Wildman–Crippen LogP) is 4.05. The SMILES string of the molecule is COc1ccccc1CNC(=O)COC(=O)c1ccccc1SCC(=O)N(C)C1CCCCC1. The lowest BCUT2D eigenvalue weighted by molar-refractivity contribution is -0.129. The van der Waals surface area contributed by atoms with Crippen LogP contribution in [-0.2, 0) is 20.9 Å². The van der Waals surface area contributed by atoms with E-state index < -0.39 is 18.5 Å². The molecule has 182 valence electrons. The molecule has 8 heteroatoms. The number of para-hydroxylation sites is 1. The van der Waals surface area contributed by atoms with Crippen LogP contribution in [-0.4, -0.2) is 55.2 Å². The molecule has 1 fully saturated rings. The molecule has 0 spiro atoms. The lowest BCUT2D eigenvalue weighted by Crippen LogP contribution is -2.39. The average Bonchev–Trinajstić information content (AvgIpc) is 2.89. The second-order valence-corrected chi connectivity index (χ2v) is 9.26. The molecule has 3 rings (SSSR count). The minimum atomic E-state index is -0.594. The Morgan fingerprint density at radius 2 is 1.74 bits per heavy atom. The van der Waals surface area contributed by atoms with Crippen LogP contribution in [0.3, 0.4) is 0 Å². The fourth-order valence-electron chi connectivity index (χ4n) is 3.98. The summed E-state index contributed by atoms with van der Waals surface area (Å²) < 4.78 is 10.5.